The van der Waals surface area contributed by atoms with Crippen LogP contribution in [0.15, 0.2) is 18.2 Å². The Morgan fingerprint density at radius 2 is 2.06 bits per heavy atom. The Morgan fingerprint density at radius 1 is 1.24 bits per heavy atom. The Bertz CT molecular complexity index is 375. The fraction of sp³-hybridized carbons (Fsp3) is 0.600. The van der Waals surface area contributed by atoms with Crippen LogP contribution in [0, 0.1) is 13.8 Å². The molecule has 1 aliphatic rings. The minimum absolute atomic E-state index is 0.465. The van der Waals surface area contributed by atoms with Gasteiger partial charge in [0.05, 0.1) is 6.10 Å². The van der Waals surface area contributed by atoms with E-state index in [1.165, 1.54) is 29.5 Å². The number of nitrogens with one attached hydrogen (secondary N) is 1. The van der Waals surface area contributed by atoms with Gasteiger partial charge in [0.1, 0.15) is 0 Å². The van der Waals surface area contributed by atoms with Gasteiger partial charge in [0, 0.05) is 19.7 Å². The number of hydrogen-bond acceptors (Lipinski definition) is 2. The lowest BCUT2D eigenvalue weighted by atomic mass is 10.1. The van der Waals surface area contributed by atoms with Gasteiger partial charge in [-0.15, -0.1) is 0 Å². The van der Waals surface area contributed by atoms with Crippen LogP contribution in [0.4, 0.5) is 0 Å². The van der Waals surface area contributed by atoms with E-state index >= 15 is 0 Å². The highest BCUT2D eigenvalue weighted by atomic mass is 16.5. The largest absolute Gasteiger partial charge is 0.381 e. The van der Waals surface area contributed by atoms with Crippen molar-refractivity contribution in [2.75, 3.05) is 7.11 Å². The van der Waals surface area contributed by atoms with Gasteiger partial charge in [-0.1, -0.05) is 18.2 Å². The summed E-state index contributed by atoms with van der Waals surface area (Å²) in [5.41, 5.74) is 4.13. The summed E-state index contributed by atoms with van der Waals surface area (Å²) in [4.78, 5) is 0. The van der Waals surface area contributed by atoms with Crippen molar-refractivity contribution in [2.24, 2.45) is 0 Å². The molecular weight excluding hydrogens is 210 g/mol. The molecule has 94 valence electrons. The van der Waals surface area contributed by atoms with Gasteiger partial charge < -0.3 is 10.1 Å². The van der Waals surface area contributed by atoms with E-state index in [0.717, 1.165) is 13.0 Å². The number of aryl methyl sites for hydroxylation is 2. The number of rotatable bonds is 4. The first-order valence-electron chi connectivity index (χ1n) is 6.51. The summed E-state index contributed by atoms with van der Waals surface area (Å²) in [7, 11) is 1.82. The van der Waals surface area contributed by atoms with Gasteiger partial charge in [0.25, 0.3) is 0 Å². The van der Waals surface area contributed by atoms with Gasteiger partial charge >= 0.3 is 0 Å². The molecule has 2 atom stereocenters. The topological polar surface area (TPSA) is 21.3 Å². The molecule has 1 aliphatic carbocycles. The first kappa shape index (κ1) is 12.6. The third kappa shape index (κ3) is 3.30. The first-order valence-corrected chi connectivity index (χ1v) is 6.51. The molecule has 2 nitrogen and oxygen atoms in total. The maximum Gasteiger partial charge on any atom is 0.0586 e. The zero-order valence-corrected chi connectivity index (χ0v) is 11.1. The summed E-state index contributed by atoms with van der Waals surface area (Å²) >= 11 is 0. The van der Waals surface area contributed by atoms with Crippen molar-refractivity contribution >= 4 is 0 Å². The predicted molar refractivity (Wildman–Crippen MR) is 71.2 cm³/mol. The molecular formula is C15H23NO. The fourth-order valence-electron chi connectivity index (χ4n) is 2.52. The molecule has 1 saturated carbocycles. The number of methoxy groups -OCH3 is 1. The van der Waals surface area contributed by atoms with Crippen LogP contribution < -0.4 is 5.32 Å². The van der Waals surface area contributed by atoms with Gasteiger partial charge in [0.15, 0.2) is 0 Å². The van der Waals surface area contributed by atoms with Crippen molar-refractivity contribution in [2.45, 2.75) is 51.8 Å². The van der Waals surface area contributed by atoms with Crippen molar-refractivity contribution in [3.8, 4) is 0 Å². The lowest BCUT2D eigenvalue weighted by Crippen LogP contribution is -2.26. The second-order valence-corrected chi connectivity index (χ2v) is 5.17. The van der Waals surface area contributed by atoms with Crippen LogP contribution >= 0.6 is 0 Å². The highest BCUT2D eigenvalue weighted by Gasteiger charge is 2.23. The Labute approximate surface area is 104 Å². The van der Waals surface area contributed by atoms with Crippen LogP contribution in [0.3, 0.4) is 0 Å². The maximum atomic E-state index is 5.39. The maximum absolute atomic E-state index is 5.39. The molecule has 0 spiro atoms. The second-order valence-electron chi connectivity index (χ2n) is 5.17. The summed E-state index contributed by atoms with van der Waals surface area (Å²) in [6.45, 7) is 5.31. The molecule has 0 amide bonds. The predicted octanol–water partition coefficient (Wildman–Crippen LogP) is 2.96. The van der Waals surface area contributed by atoms with E-state index in [9.17, 15) is 0 Å². The number of hydrogen-bond donors (Lipinski definition) is 1. The van der Waals surface area contributed by atoms with Crippen LogP contribution in [-0.2, 0) is 11.3 Å². The molecule has 0 aliphatic heterocycles. The zero-order chi connectivity index (χ0) is 12.3. The molecule has 0 radical (unpaired) electrons. The lowest BCUT2D eigenvalue weighted by Gasteiger charge is -2.13. The van der Waals surface area contributed by atoms with E-state index in [4.69, 9.17) is 4.74 Å². The average molecular weight is 233 g/mol. The molecule has 0 aromatic heterocycles. The van der Waals surface area contributed by atoms with Crippen molar-refractivity contribution in [1.82, 2.24) is 5.32 Å². The number of ether oxygens (including phenoxy) is 1. The van der Waals surface area contributed by atoms with Gasteiger partial charge in [-0.05, 0) is 49.8 Å². The lowest BCUT2D eigenvalue weighted by molar-refractivity contribution is 0.107. The normalized spacial score (nSPS) is 24.2. The van der Waals surface area contributed by atoms with E-state index < -0.39 is 0 Å². The van der Waals surface area contributed by atoms with Crippen LogP contribution in [0.2, 0.25) is 0 Å². The summed E-state index contributed by atoms with van der Waals surface area (Å²) in [6, 6.07) is 7.34. The summed E-state index contributed by atoms with van der Waals surface area (Å²) < 4.78 is 5.39. The van der Waals surface area contributed by atoms with Gasteiger partial charge in [0.2, 0.25) is 0 Å². The molecule has 2 unspecified atom stereocenters. The van der Waals surface area contributed by atoms with Crippen molar-refractivity contribution < 1.29 is 4.74 Å². The Kier molecular flexibility index (Phi) is 4.19. The molecule has 0 bridgehead atoms. The van der Waals surface area contributed by atoms with Gasteiger partial charge in [-0.25, -0.2) is 0 Å². The van der Waals surface area contributed by atoms with Crippen molar-refractivity contribution in [1.29, 1.82) is 0 Å². The van der Waals surface area contributed by atoms with E-state index in [1.54, 1.807) is 0 Å². The fourth-order valence-corrected chi connectivity index (χ4v) is 2.52. The minimum atomic E-state index is 0.465. The van der Waals surface area contributed by atoms with Crippen molar-refractivity contribution in [3.63, 3.8) is 0 Å². The third-order valence-electron chi connectivity index (χ3n) is 3.88. The third-order valence-corrected chi connectivity index (χ3v) is 3.88. The smallest absolute Gasteiger partial charge is 0.0586 e. The molecule has 2 heteroatoms. The molecule has 17 heavy (non-hydrogen) atoms. The first-order chi connectivity index (χ1) is 8.19. The molecule has 1 fully saturated rings. The second kappa shape index (κ2) is 5.65. The molecule has 1 N–H and O–H groups in total. The quantitative estimate of drug-likeness (QED) is 0.863. The minimum Gasteiger partial charge on any atom is -0.381 e. The Hall–Kier alpha value is -0.860. The Balaban J connectivity index is 1.84. The zero-order valence-electron chi connectivity index (χ0n) is 11.1. The molecule has 2 rings (SSSR count). The van der Waals surface area contributed by atoms with E-state index in [0.29, 0.717) is 12.1 Å². The Morgan fingerprint density at radius 3 is 2.71 bits per heavy atom. The van der Waals surface area contributed by atoms with E-state index in [-0.39, 0.29) is 0 Å². The van der Waals surface area contributed by atoms with Gasteiger partial charge in [-0.3, -0.25) is 0 Å². The molecule has 1 aromatic rings. The molecule has 1 aromatic carbocycles. The summed E-state index contributed by atoms with van der Waals surface area (Å²) in [5.74, 6) is 0. The number of benzene rings is 1. The molecule has 0 heterocycles. The molecule has 0 saturated heterocycles. The van der Waals surface area contributed by atoms with Crippen LogP contribution in [0.25, 0.3) is 0 Å². The van der Waals surface area contributed by atoms with E-state index in [1.807, 2.05) is 7.11 Å². The van der Waals surface area contributed by atoms with Crippen molar-refractivity contribution in [3.05, 3.63) is 34.9 Å². The SMILES string of the molecule is COC1CCC(NCc2ccc(C)c(C)c2)C1. The average Bonchev–Trinajstić information content (AvgIpc) is 2.79. The standard InChI is InChI=1S/C15H23NO/c1-11-4-5-13(8-12(11)2)10-16-14-6-7-15(9-14)17-3/h4-5,8,14-16H,6-7,9-10H2,1-3H3. The van der Waals surface area contributed by atoms with Gasteiger partial charge in [-0.2, -0.15) is 0 Å². The van der Waals surface area contributed by atoms with Crippen LogP contribution in [-0.4, -0.2) is 19.3 Å². The monoisotopic (exact) mass is 233 g/mol. The highest BCUT2D eigenvalue weighted by Crippen LogP contribution is 2.21. The van der Waals surface area contributed by atoms with Crippen LogP contribution in [0.5, 0.6) is 0 Å². The van der Waals surface area contributed by atoms with Crippen LogP contribution in [0.1, 0.15) is 36.0 Å². The van der Waals surface area contributed by atoms with E-state index in [2.05, 4.69) is 37.4 Å². The highest BCUT2D eigenvalue weighted by molar-refractivity contribution is 5.29. The summed E-state index contributed by atoms with van der Waals surface area (Å²) in [6.07, 6.45) is 4.05. The summed E-state index contributed by atoms with van der Waals surface area (Å²) in [5, 5.41) is 3.63.